The molecule has 1 aliphatic heterocycles. The minimum absolute atomic E-state index is 0.111. The van der Waals surface area contributed by atoms with Crippen molar-refractivity contribution in [2.45, 2.75) is 63.5 Å². The molecule has 0 radical (unpaired) electrons. The first-order valence-corrected chi connectivity index (χ1v) is 11.9. The average molecular weight is 431 g/mol. The van der Waals surface area contributed by atoms with Gasteiger partial charge in [-0.3, -0.25) is 4.90 Å². The minimum Gasteiger partial charge on any atom is -0.465 e. The Kier molecular flexibility index (Phi) is 7.20. The van der Waals surface area contributed by atoms with Crippen molar-refractivity contribution in [1.29, 1.82) is 0 Å². The molecule has 1 saturated carbocycles. The standard InChI is InChI=1S/C25H35ClN2O2/c1-2-22-9-10-23(30-22)18-27-13-15-28(16-14-27)19-24(20-7-6-8-21(26)17-20)25(29)11-4-3-5-12-25/h6-10,17,24,29H,2-5,11-16,18-19H2,1H3. The molecule has 4 nitrogen and oxygen atoms in total. The summed E-state index contributed by atoms with van der Waals surface area (Å²) in [6.45, 7) is 8.01. The van der Waals surface area contributed by atoms with E-state index in [2.05, 4.69) is 41.0 Å². The fourth-order valence-electron chi connectivity index (χ4n) is 5.13. The molecule has 30 heavy (non-hydrogen) atoms. The van der Waals surface area contributed by atoms with Gasteiger partial charge in [-0.05, 0) is 42.7 Å². The van der Waals surface area contributed by atoms with Gasteiger partial charge in [0.1, 0.15) is 11.5 Å². The van der Waals surface area contributed by atoms with Crippen molar-refractivity contribution >= 4 is 11.6 Å². The van der Waals surface area contributed by atoms with Crippen molar-refractivity contribution in [3.05, 3.63) is 58.5 Å². The van der Waals surface area contributed by atoms with Crippen molar-refractivity contribution in [2.24, 2.45) is 0 Å². The highest BCUT2D eigenvalue weighted by Crippen LogP contribution is 2.41. The second-order valence-electron chi connectivity index (χ2n) is 9.07. The van der Waals surface area contributed by atoms with Crippen molar-refractivity contribution in [1.82, 2.24) is 9.80 Å². The minimum atomic E-state index is -0.620. The molecule has 1 atom stereocenters. The van der Waals surface area contributed by atoms with Gasteiger partial charge in [-0.25, -0.2) is 0 Å². The van der Waals surface area contributed by atoms with Crippen LogP contribution in [0.1, 0.15) is 62.0 Å². The Morgan fingerprint density at radius 2 is 1.70 bits per heavy atom. The van der Waals surface area contributed by atoms with Gasteiger partial charge in [0.15, 0.2) is 0 Å². The number of rotatable bonds is 7. The first kappa shape index (κ1) is 21.9. The van der Waals surface area contributed by atoms with Gasteiger partial charge in [0.2, 0.25) is 0 Å². The third-order valence-corrected chi connectivity index (χ3v) is 7.21. The summed E-state index contributed by atoms with van der Waals surface area (Å²) in [5.41, 5.74) is 0.558. The lowest BCUT2D eigenvalue weighted by molar-refractivity contribution is -0.0345. The molecule has 2 aliphatic rings. The van der Waals surface area contributed by atoms with Crippen molar-refractivity contribution < 1.29 is 9.52 Å². The van der Waals surface area contributed by atoms with Gasteiger partial charge in [-0.1, -0.05) is 49.9 Å². The van der Waals surface area contributed by atoms with Crippen LogP contribution in [0.2, 0.25) is 5.02 Å². The van der Waals surface area contributed by atoms with E-state index in [-0.39, 0.29) is 5.92 Å². The molecule has 1 N–H and O–H groups in total. The molecule has 0 bridgehead atoms. The van der Waals surface area contributed by atoms with E-state index in [9.17, 15) is 5.11 Å². The summed E-state index contributed by atoms with van der Waals surface area (Å²) in [4.78, 5) is 4.99. The number of furan rings is 1. The highest BCUT2D eigenvalue weighted by Gasteiger charge is 2.40. The molecular weight excluding hydrogens is 396 g/mol. The van der Waals surface area contributed by atoms with Crippen LogP contribution < -0.4 is 0 Å². The van der Waals surface area contributed by atoms with Crippen LogP contribution in [-0.4, -0.2) is 53.2 Å². The Morgan fingerprint density at radius 1 is 1.00 bits per heavy atom. The van der Waals surface area contributed by atoms with Gasteiger partial charge in [0.25, 0.3) is 0 Å². The maximum Gasteiger partial charge on any atom is 0.118 e. The Hall–Kier alpha value is -1.33. The van der Waals surface area contributed by atoms with Crippen LogP contribution in [-0.2, 0) is 13.0 Å². The highest BCUT2D eigenvalue weighted by molar-refractivity contribution is 6.30. The van der Waals surface area contributed by atoms with E-state index in [4.69, 9.17) is 16.0 Å². The predicted molar refractivity (Wildman–Crippen MR) is 122 cm³/mol. The normalized spacial score (nSPS) is 21.6. The number of halogens is 1. The van der Waals surface area contributed by atoms with E-state index in [1.54, 1.807) is 0 Å². The molecule has 5 heteroatoms. The summed E-state index contributed by atoms with van der Waals surface area (Å²) in [5, 5.41) is 12.3. The van der Waals surface area contributed by atoms with Crippen LogP contribution in [0.15, 0.2) is 40.8 Å². The molecule has 2 fully saturated rings. The maximum atomic E-state index is 11.6. The third-order valence-electron chi connectivity index (χ3n) is 6.97. The molecule has 1 unspecified atom stereocenters. The summed E-state index contributed by atoms with van der Waals surface area (Å²) in [6.07, 6.45) is 6.19. The largest absolute Gasteiger partial charge is 0.465 e. The quantitative estimate of drug-likeness (QED) is 0.663. The molecule has 1 aliphatic carbocycles. The molecule has 0 spiro atoms. The maximum absolute atomic E-state index is 11.6. The molecule has 4 rings (SSSR count). The van der Waals surface area contributed by atoms with Crippen molar-refractivity contribution in [3.8, 4) is 0 Å². The van der Waals surface area contributed by atoms with E-state index in [0.29, 0.717) is 0 Å². The van der Waals surface area contributed by atoms with Gasteiger partial charge in [0.05, 0.1) is 12.1 Å². The van der Waals surface area contributed by atoms with Crippen molar-refractivity contribution in [2.75, 3.05) is 32.7 Å². The Labute approximate surface area is 185 Å². The van der Waals surface area contributed by atoms with Gasteiger partial charge in [-0.2, -0.15) is 0 Å². The molecule has 0 amide bonds. The summed E-state index contributed by atoms with van der Waals surface area (Å²) in [5.74, 6) is 2.24. The SMILES string of the molecule is CCc1ccc(CN2CCN(CC(c3cccc(Cl)c3)C3(O)CCCCC3)CC2)o1. The molecule has 2 heterocycles. The monoisotopic (exact) mass is 430 g/mol. The zero-order chi connectivity index (χ0) is 21.0. The Balaban J connectivity index is 1.40. The molecule has 1 aromatic carbocycles. The van der Waals surface area contributed by atoms with Crippen LogP contribution in [0, 0.1) is 0 Å². The summed E-state index contributed by atoms with van der Waals surface area (Å²) in [6, 6.07) is 12.3. The topological polar surface area (TPSA) is 39.9 Å². The van der Waals surface area contributed by atoms with E-state index >= 15 is 0 Å². The zero-order valence-electron chi connectivity index (χ0n) is 18.2. The number of nitrogens with zero attached hydrogens (tertiary/aromatic N) is 2. The van der Waals surface area contributed by atoms with E-state index in [1.165, 1.54) is 12.0 Å². The van der Waals surface area contributed by atoms with Gasteiger partial charge in [0, 0.05) is 50.1 Å². The fraction of sp³-hybridized carbons (Fsp3) is 0.600. The third kappa shape index (κ3) is 5.28. The second kappa shape index (κ2) is 9.86. The van der Waals surface area contributed by atoms with Gasteiger partial charge < -0.3 is 14.4 Å². The lowest BCUT2D eigenvalue weighted by Crippen LogP contribution is -2.50. The van der Waals surface area contributed by atoms with E-state index < -0.39 is 5.60 Å². The number of piperazine rings is 1. The van der Waals surface area contributed by atoms with Crippen LogP contribution >= 0.6 is 11.6 Å². The molecular formula is C25H35ClN2O2. The number of hydrogen-bond donors (Lipinski definition) is 1. The highest BCUT2D eigenvalue weighted by atomic mass is 35.5. The number of aryl methyl sites for hydroxylation is 1. The van der Waals surface area contributed by atoms with Crippen LogP contribution in [0.4, 0.5) is 0 Å². The van der Waals surface area contributed by atoms with Gasteiger partial charge in [-0.15, -0.1) is 0 Å². The van der Waals surface area contributed by atoms with Crippen LogP contribution in [0.3, 0.4) is 0 Å². The first-order valence-electron chi connectivity index (χ1n) is 11.6. The second-order valence-corrected chi connectivity index (χ2v) is 9.51. The zero-order valence-corrected chi connectivity index (χ0v) is 18.9. The average Bonchev–Trinajstić information content (AvgIpc) is 3.21. The van der Waals surface area contributed by atoms with E-state index in [1.807, 2.05) is 12.1 Å². The Bertz CT molecular complexity index is 807. The number of hydrogen-bond acceptors (Lipinski definition) is 4. The Morgan fingerprint density at radius 3 is 2.37 bits per heavy atom. The summed E-state index contributed by atoms with van der Waals surface area (Å²) < 4.78 is 5.89. The molecule has 2 aromatic rings. The summed E-state index contributed by atoms with van der Waals surface area (Å²) >= 11 is 6.31. The smallest absolute Gasteiger partial charge is 0.118 e. The van der Waals surface area contributed by atoms with E-state index in [0.717, 1.165) is 87.9 Å². The van der Waals surface area contributed by atoms with Gasteiger partial charge >= 0.3 is 0 Å². The molecule has 164 valence electrons. The lowest BCUT2D eigenvalue weighted by Gasteiger charge is -2.43. The predicted octanol–water partition coefficient (Wildman–Crippen LogP) is 5.09. The number of benzene rings is 1. The molecule has 1 saturated heterocycles. The van der Waals surface area contributed by atoms with Crippen molar-refractivity contribution in [3.63, 3.8) is 0 Å². The van der Waals surface area contributed by atoms with Crippen LogP contribution in [0.5, 0.6) is 0 Å². The van der Waals surface area contributed by atoms with Crippen LogP contribution in [0.25, 0.3) is 0 Å². The summed E-state index contributed by atoms with van der Waals surface area (Å²) in [7, 11) is 0. The number of aliphatic hydroxyl groups is 1. The molecule has 1 aromatic heterocycles. The fourth-order valence-corrected chi connectivity index (χ4v) is 5.33. The first-order chi connectivity index (χ1) is 14.6. The lowest BCUT2D eigenvalue weighted by atomic mass is 9.72.